The first kappa shape index (κ1) is 26.7. The lowest BCUT2D eigenvalue weighted by molar-refractivity contribution is -0.144. The Bertz CT molecular complexity index is 1220. The van der Waals surface area contributed by atoms with Gasteiger partial charge in [-0.25, -0.2) is 8.42 Å². The minimum absolute atomic E-state index is 0.0340. The normalized spacial score (nSPS) is 27.7. The fraction of sp³-hybridized carbons (Fsp3) is 0.571. The largest absolute Gasteiger partial charge is 0.341 e. The number of nitrogens with zero attached hydrogens (tertiary/aromatic N) is 4. The molecule has 3 fully saturated rings. The predicted octanol–water partition coefficient (Wildman–Crippen LogP) is 2.02. The highest BCUT2D eigenvalue weighted by molar-refractivity contribution is 7.88. The molecule has 0 aromatic carbocycles. The van der Waals surface area contributed by atoms with Crippen LogP contribution in [0.5, 0.6) is 0 Å². The Morgan fingerprint density at radius 2 is 1.82 bits per heavy atom. The molecule has 4 heterocycles. The Kier molecular flexibility index (Phi) is 7.55. The minimum atomic E-state index is -3.79. The lowest BCUT2D eigenvalue weighted by Gasteiger charge is -2.29. The average molecular weight is 541 g/mol. The zero-order valence-corrected chi connectivity index (χ0v) is 22.8. The third kappa shape index (κ3) is 5.33. The number of carbonyl (C=O) groups is 3. The van der Waals surface area contributed by atoms with Gasteiger partial charge >= 0.3 is 0 Å². The molecule has 38 heavy (non-hydrogen) atoms. The van der Waals surface area contributed by atoms with E-state index in [1.54, 1.807) is 29.3 Å². The second-order valence-electron chi connectivity index (χ2n) is 11.3. The standard InChI is InChI=1S/C28H36N4O5S/c1-19(2)13-22(14-26(34)30-15-20-7-3-4-8-21(20)16-30)28(35)31-12-10-24-27(31)25(33)17-32(24)38(36,37)18-23-9-5-6-11-29-23/h3-9,11,19-22,24,27H,10,12-18H2,1-2H3. The number of amides is 2. The van der Waals surface area contributed by atoms with Crippen LogP contribution in [0.25, 0.3) is 0 Å². The van der Waals surface area contributed by atoms with E-state index in [1.807, 2.05) is 30.9 Å². The van der Waals surface area contributed by atoms with Gasteiger partial charge in [0.1, 0.15) is 11.8 Å². The maximum atomic E-state index is 13.8. The summed E-state index contributed by atoms with van der Waals surface area (Å²) < 4.78 is 27.7. The molecule has 3 saturated heterocycles. The highest BCUT2D eigenvalue weighted by Crippen LogP contribution is 2.35. The van der Waals surface area contributed by atoms with Crippen molar-refractivity contribution < 1.29 is 22.8 Å². The van der Waals surface area contributed by atoms with Gasteiger partial charge in [0.15, 0.2) is 5.78 Å². The summed E-state index contributed by atoms with van der Waals surface area (Å²) >= 11 is 0. The van der Waals surface area contributed by atoms with Crippen LogP contribution in [0.2, 0.25) is 0 Å². The van der Waals surface area contributed by atoms with E-state index in [0.29, 0.717) is 50.0 Å². The van der Waals surface area contributed by atoms with Gasteiger partial charge in [0.2, 0.25) is 21.8 Å². The Morgan fingerprint density at radius 1 is 1.11 bits per heavy atom. The van der Waals surface area contributed by atoms with Crippen LogP contribution in [0.3, 0.4) is 0 Å². The van der Waals surface area contributed by atoms with Crippen LogP contribution in [-0.4, -0.2) is 83.4 Å². The van der Waals surface area contributed by atoms with Gasteiger partial charge < -0.3 is 9.80 Å². The molecule has 9 nitrogen and oxygen atoms in total. The van der Waals surface area contributed by atoms with Crippen molar-refractivity contribution in [2.24, 2.45) is 23.7 Å². The minimum Gasteiger partial charge on any atom is -0.341 e. The third-order valence-corrected chi connectivity index (χ3v) is 9.97. The Labute approximate surface area is 224 Å². The van der Waals surface area contributed by atoms with Gasteiger partial charge in [-0.2, -0.15) is 4.31 Å². The van der Waals surface area contributed by atoms with E-state index in [4.69, 9.17) is 0 Å². The maximum Gasteiger partial charge on any atom is 0.226 e. The number of likely N-dealkylation sites (tertiary alicyclic amines) is 2. The molecule has 0 radical (unpaired) electrons. The lowest BCUT2D eigenvalue weighted by atomic mass is 9.91. The Balaban J connectivity index is 1.28. The summed E-state index contributed by atoms with van der Waals surface area (Å²) in [6, 6.07) is 3.72. The molecule has 5 rings (SSSR count). The molecule has 0 saturated carbocycles. The number of Topliss-reactive ketones (excluding diaryl/α,β-unsaturated/α-hetero) is 1. The van der Waals surface area contributed by atoms with E-state index >= 15 is 0 Å². The molecule has 0 bridgehead atoms. The predicted molar refractivity (Wildman–Crippen MR) is 142 cm³/mol. The fourth-order valence-corrected chi connectivity index (χ4v) is 8.10. The number of allylic oxidation sites excluding steroid dienone is 2. The van der Waals surface area contributed by atoms with E-state index in [-0.39, 0.29) is 42.2 Å². The van der Waals surface area contributed by atoms with Crippen molar-refractivity contribution in [3.05, 3.63) is 54.4 Å². The first-order valence-corrected chi connectivity index (χ1v) is 15.1. The van der Waals surface area contributed by atoms with E-state index in [0.717, 1.165) is 0 Å². The number of carbonyl (C=O) groups excluding carboxylic acids is 3. The molecule has 5 unspecified atom stereocenters. The van der Waals surface area contributed by atoms with E-state index in [9.17, 15) is 22.8 Å². The number of rotatable bonds is 8. The van der Waals surface area contributed by atoms with Crippen LogP contribution in [0.15, 0.2) is 48.7 Å². The summed E-state index contributed by atoms with van der Waals surface area (Å²) in [4.78, 5) is 47.7. The van der Waals surface area contributed by atoms with Gasteiger partial charge in [-0.15, -0.1) is 0 Å². The Morgan fingerprint density at radius 3 is 2.45 bits per heavy atom. The molecular formula is C28H36N4O5S. The van der Waals surface area contributed by atoms with Gasteiger partial charge in [-0.1, -0.05) is 44.2 Å². The summed E-state index contributed by atoms with van der Waals surface area (Å²) in [7, 11) is -3.79. The second-order valence-corrected chi connectivity index (χ2v) is 13.3. The number of ketones is 1. The molecule has 3 aliphatic heterocycles. The number of sulfonamides is 1. The summed E-state index contributed by atoms with van der Waals surface area (Å²) in [5.74, 6) is -0.511. The molecular weight excluding hydrogens is 504 g/mol. The van der Waals surface area contributed by atoms with Crippen LogP contribution >= 0.6 is 0 Å². The topological polar surface area (TPSA) is 108 Å². The molecule has 5 atom stereocenters. The summed E-state index contributed by atoms with van der Waals surface area (Å²) in [5, 5.41) is 0. The maximum absolute atomic E-state index is 13.8. The number of hydrogen-bond donors (Lipinski definition) is 0. The van der Waals surface area contributed by atoms with E-state index in [1.165, 1.54) is 4.31 Å². The van der Waals surface area contributed by atoms with Gasteiger partial charge in [-0.3, -0.25) is 19.4 Å². The van der Waals surface area contributed by atoms with Crippen LogP contribution < -0.4 is 0 Å². The van der Waals surface area contributed by atoms with Crippen LogP contribution in [0, 0.1) is 23.7 Å². The second kappa shape index (κ2) is 10.7. The Hall–Kier alpha value is -2.85. The number of pyridine rings is 1. The zero-order valence-electron chi connectivity index (χ0n) is 22.0. The van der Waals surface area contributed by atoms with Crippen molar-refractivity contribution in [2.75, 3.05) is 26.2 Å². The number of fused-ring (bicyclic) bond motifs is 2. The van der Waals surface area contributed by atoms with E-state index in [2.05, 4.69) is 17.1 Å². The third-order valence-electron chi connectivity index (χ3n) is 8.19. The van der Waals surface area contributed by atoms with Crippen molar-refractivity contribution in [3.8, 4) is 0 Å². The molecule has 1 aliphatic carbocycles. The zero-order chi connectivity index (χ0) is 27.0. The van der Waals surface area contributed by atoms with Gasteiger partial charge in [0, 0.05) is 50.0 Å². The van der Waals surface area contributed by atoms with Crippen molar-refractivity contribution in [2.45, 2.75) is 50.9 Å². The monoisotopic (exact) mass is 540 g/mol. The molecule has 4 aliphatic rings. The van der Waals surface area contributed by atoms with Crippen molar-refractivity contribution >= 4 is 27.6 Å². The molecule has 0 N–H and O–H groups in total. The highest BCUT2D eigenvalue weighted by atomic mass is 32.2. The molecule has 10 heteroatoms. The van der Waals surface area contributed by atoms with Crippen LogP contribution in [-0.2, 0) is 30.2 Å². The molecule has 204 valence electrons. The SMILES string of the molecule is CC(C)CC(CC(=O)N1CC2C=CC=CC2C1)C(=O)N1CCC2C1C(=O)CN2S(=O)(=O)Cc1ccccn1. The lowest BCUT2D eigenvalue weighted by Crippen LogP contribution is -2.47. The fourth-order valence-electron chi connectivity index (χ4n) is 6.43. The summed E-state index contributed by atoms with van der Waals surface area (Å²) in [5.41, 5.74) is 0.414. The van der Waals surface area contributed by atoms with Crippen molar-refractivity contribution in [1.29, 1.82) is 0 Å². The molecule has 1 aromatic rings. The quantitative estimate of drug-likeness (QED) is 0.499. The number of aromatic nitrogens is 1. The van der Waals surface area contributed by atoms with Gasteiger partial charge in [0.05, 0.1) is 18.3 Å². The molecule has 1 aromatic heterocycles. The number of hydrogen-bond acceptors (Lipinski definition) is 6. The first-order chi connectivity index (χ1) is 18.1. The average Bonchev–Trinajstić information content (AvgIpc) is 3.58. The van der Waals surface area contributed by atoms with Crippen molar-refractivity contribution in [3.63, 3.8) is 0 Å². The molecule has 0 spiro atoms. The summed E-state index contributed by atoms with van der Waals surface area (Å²) in [6.07, 6.45) is 10.9. The van der Waals surface area contributed by atoms with Crippen molar-refractivity contribution in [1.82, 2.24) is 19.1 Å². The first-order valence-electron chi connectivity index (χ1n) is 13.5. The van der Waals surface area contributed by atoms with Gasteiger partial charge in [0.25, 0.3) is 0 Å². The van der Waals surface area contributed by atoms with Crippen LogP contribution in [0.1, 0.15) is 38.8 Å². The highest BCUT2D eigenvalue weighted by Gasteiger charge is 2.54. The van der Waals surface area contributed by atoms with Crippen LogP contribution in [0.4, 0.5) is 0 Å². The molecule has 2 amide bonds. The van der Waals surface area contributed by atoms with Gasteiger partial charge in [-0.05, 0) is 30.9 Å². The van der Waals surface area contributed by atoms with E-state index < -0.39 is 28.0 Å². The smallest absolute Gasteiger partial charge is 0.226 e. The summed E-state index contributed by atoms with van der Waals surface area (Å²) in [6.45, 7) is 5.42.